The van der Waals surface area contributed by atoms with E-state index in [2.05, 4.69) is 4.72 Å². The molecule has 0 radical (unpaired) electrons. The van der Waals surface area contributed by atoms with Crippen LogP contribution in [0.4, 0.5) is 4.39 Å². The maximum Gasteiger partial charge on any atom is 0.242 e. The van der Waals surface area contributed by atoms with Gasteiger partial charge in [0.05, 0.1) is 11.6 Å². The molecule has 0 fully saturated rings. The molecule has 0 atom stereocenters. The number of benzene rings is 2. The fraction of sp³-hybridized carbons (Fsp3) is 0.250. The van der Waals surface area contributed by atoms with E-state index in [0.29, 0.717) is 19.0 Å². The highest BCUT2D eigenvalue weighted by Gasteiger charge is 2.18. The maximum atomic E-state index is 13.0. The molecule has 0 aliphatic heterocycles. The Morgan fingerprint density at radius 1 is 1.12 bits per heavy atom. The van der Waals surface area contributed by atoms with E-state index >= 15 is 0 Å². The maximum absolute atomic E-state index is 13.0. The van der Waals surface area contributed by atoms with E-state index in [1.54, 1.807) is 31.4 Å². The summed E-state index contributed by atoms with van der Waals surface area (Å²) in [6, 6.07) is 10.1. The second kappa shape index (κ2) is 8.43. The van der Waals surface area contributed by atoms with Crippen LogP contribution in [0.15, 0.2) is 47.4 Å². The van der Waals surface area contributed by atoms with E-state index in [1.807, 2.05) is 0 Å². The topological polar surface area (TPSA) is 64.6 Å². The molecular weight excluding hydrogens is 357 g/mol. The summed E-state index contributed by atoms with van der Waals surface area (Å²) < 4.78 is 50.2. The molecule has 2 aromatic carbocycles. The van der Waals surface area contributed by atoms with Gasteiger partial charge in [-0.2, -0.15) is 0 Å². The minimum Gasteiger partial charge on any atom is -0.491 e. The van der Waals surface area contributed by atoms with Crippen molar-refractivity contribution < 1.29 is 22.3 Å². The van der Waals surface area contributed by atoms with Crippen molar-refractivity contribution in [2.24, 2.45) is 0 Å². The predicted molar refractivity (Wildman–Crippen MR) is 89.2 cm³/mol. The standard InChI is InChI=1S/C16H17ClFNO4S/c1-22-8-9-23-14-5-2-12(3-6-14)11-19-24(20,21)16-7-4-13(18)10-15(16)17/h2-7,10,19H,8-9,11H2,1H3. The first-order chi connectivity index (χ1) is 11.4. The first kappa shape index (κ1) is 18.7. The summed E-state index contributed by atoms with van der Waals surface area (Å²) in [6.45, 7) is 1.000. The summed E-state index contributed by atoms with van der Waals surface area (Å²) in [4.78, 5) is -0.162. The van der Waals surface area contributed by atoms with Crippen molar-refractivity contribution in [1.82, 2.24) is 4.72 Å². The number of sulfonamides is 1. The molecule has 0 aliphatic rings. The zero-order chi connectivity index (χ0) is 17.6. The summed E-state index contributed by atoms with van der Waals surface area (Å²) in [6.07, 6.45) is 0. The molecule has 0 heterocycles. The van der Waals surface area contributed by atoms with Gasteiger partial charge in [0.25, 0.3) is 0 Å². The van der Waals surface area contributed by atoms with Crippen molar-refractivity contribution >= 4 is 21.6 Å². The Morgan fingerprint density at radius 2 is 1.83 bits per heavy atom. The largest absolute Gasteiger partial charge is 0.491 e. The van der Waals surface area contributed by atoms with Crippen LogP contribution in [0.1, 0.15) is 5.56 Å². The second-order valence-corrected chi connectivity index (χ2v) is 7.03. The van der Waals surface area contributed by atoms with Crippen molar-refractivity contribution in [3.8, 4) is 5.75 Å². The van der Waals surface area contributed by atoms with Gasteiger partial charge in [0.1, 0.15) is 23.1 Å². The molecule has 0 spiro atoms. The lowest BCUT2D eigenvalue weighted by Crippen LogP contribution is -2.23. The molecule has 2 rings (SSSR count). The number of hydrogen-bond acceptors (Lipinski definition) is 4. The third-order valence-electron chi connectivity index (χ3n) is 3.13. The van der Waals surface area contributed by atoms with E-state index in [1.165, 1.54) is 0 Å². The number of halogens is 2. The number of ether oxygens (including phenoxy) is 2. The smallest absolute Gasteiger partial charge is 0.242 e. The van der Waals surface area contributed by atoms with Crippen LogP contribution in [0.25, 0.3) is 0 Å². The molecule has 0 saturated carbocycles. The van der Waals surface area contributed by atoms with Crippen LogP contribution in [0.2, 0.25) is 5.02 Å². The third-order valence-corrected chi connectivity index (χ3v) is 5.01. The van der Waals surface area contributed by atoms with Gasteiger partial charge in [-0.1, -0.05) is 23.7 Å². The van der Waals surface area contributed by atoms with Crippen LogP contribution in [0.5, 0.6) is 5.75 Å². The van der Waals surface area contributed by atoms with Gasteiger partial charge < -0.3 is 9.47 Å². The molecule has 0 aliphatic carbocycles. The van der Waals surface area contributed by atoms with E-state index in [-0.39, 0.29) is 16.5 Å². The van der Waals surface area contributed by atoms with Gasteiger partial charge in [0.15, 0.2) is 0 Å². The lowest BCUT2D eigenvalue weighted by Gasteiger charge is -2.09. The lowest BCUT2D eigenvalue weighted by molar-refractivity contribution is 0.146. The number of methoxy groups -OCH3 is 1. The summed E-state index contributed by atoms with van der Waals surface area (Å²) in [5.41, 5.74) is 0.746. The molecule has 0 amide bonds. The highest BCUT2D eigenvalue weighted by Crippen LogP contribution is 2.22. The minimum atomic E-state index is -3.83. The molecule has 0 bridgehead atoms. The Balaban J connectivity index is 1.99. The van der Waals surface area contributed by atoms with Gasteiger partial charge in [0, 0.05) is 13.7 Å². The number of nitrogens with one attached hydrogen (secondary N) is 1. The van der Waals surface area contributed by atoms with Gasteiger partial charge in [-0.15, -0.1) is 0 Å². The highest BCUT2D eigenvalue weighted by atomic mass is 35.5. The van der Waals surface area contributed by atoms with Crippen molar-refractivity contribution in [2.75, 3.05) is 20.3 Å². The van der Waals surface area contributed by atoms with Crippen LogP contribution >= 0.6 is 11.6 Å². The van der Waals surface area contributed by atoms with Crippen molar-refractivity contribution in [2.45, 2.75) is 11.4 Å². The van der Waals surface area contributed by atoms with E-state index < -0.39 is 15.8 Å². The number of rotatable bonds is 8. The SMILES string of the molecule is COCCOc1ccc(CNS(=O)(=O)c2ccc(F)cc2Cl)cc1. The fourth-order valence-electron chi connectivity index (χ4n) is 1.90. The van der Waals surface area contributed by atoms with Crippen LogP contribution in [-0.4, -0.2) is 28.7 Å². The first-order valence-electron chi connectivity index (χ1n) is 7.08. The molecule has 0 aromatic heterocycles. The van der Waals surface area contributed by atoms with Gasteiger partial charge >= 0.3 is 0 Å². The van der Waals surface area contributed by atoms with Crippen molar-refractivity contribution in [3.63, 3.8) is 0 Å². The Hall–Kier alpha value is -1.67. The predicted octanol–water partition coefficient (Wildman–Crippen LogP) is 2.98. The molecule has 0 unspecified atom stereocenters. The van der Waals surface area contributed by atoms with Crippen LogP contribution in [0.3, 0.4) is 0 Å². The van der Waals surface area contributed by atoms with Gasteiger partial charge in [-0.3, -0.25) is 0 Å². The van der Waals surface area contributed by atoms with Gasteiger partial charge in [0.2, 0.25) is 10.0 Å². The van der Waals surface area contributed by atoms with E-state index in [4.69, 9.17) is 21.1 Å². The molecule has 8 heteroatoms. The van der Waals surface area contributed by atoms with Crippen LogP contribution in [-0.2, 0) is 21.3 Å². The average molecular weight is 374 g/mol. The molecule has 1 N–H and O–H groups in total. The summed E-state index contributed by atoms with van der Waals surface area (Å²) >= 11 is 5.79. The molecule has 5 nitrogen and oxygen atoms in total. The quantitative estimate of drug-likeness (QED) is 0.722. The van der Waals surface area contributed by atoms with E-state index in [0.717, 1.165) is 23.8 Å². The zero-order valence-electron chi connectivity index (χ0n) is 13.0. The van der Waals surface area contributed by atoms with Crippen molar-refractivity contribution in [3.05, 3.63) is 58.9 Å². The minimum absolute atomic E-state index is 0.0778. The van der Waals surface area contributed by atoms with Crippen LogP contribution in [0, 0.1) is 5.82 Å². The summed E-state index contributed by atoms with van der Waals surface area (Å²) in [5.74, 6) is 0.0725. The van der Waals surface area contributed by atoms with Gasteiger partial charge in [-0.05, 0) is 35.9 Å². The normalized spacial score (nSPS) is 11.5. The molecule has 2 aromatic rings. The molecular formula is C16H17ClFNO4S. The Bertz CT molecular complexity index is 781. The zero-order valence-corrected chi connectivity index (χ0v) is 14.5. The molecule has 130 valence electrons. The molecule has 24 heavy (non-hydrogen) atoms. The Labute approximate surface area is 145 Å². The first-order valence-corrected chi connectivity index (χ1v) is 8.94. The number of hydrogen-bond donors (Lipinski definition) is 1. The van der Waals surface area contributed by atoms with Gasteiger partial charge in [-0.25, -0.2) is 17.5 Å². The summed E-state index contributed by atoms with van der Waals surface area (Å²) in [7, 11) is -2.24. The average Bonchev–Trinajstić information content (AvgIpc) is 2.54. The third kappa shape index (κ3) is 5.17. The van der Waals surface area contributed by atoms with E-state index in [9.17, 15) is 12.8 Å². The van der Waals surface area contributed by atoms with Crippen molar-refractivity contribution in [1.29, 1.82) is 0 Å². The lowest BCUT2D eigenvalue weighted by atomic mass is 10.2. The highest BCUT2D eigenvalue weighted by molar-refractivity contribution is 7.89. The monoisotopic (exact) mass is 373 g/mol. The molecule has 0 saturated heterocycles. The summed E-state index contributed by atoms with van der Waals surface area (Å²) in [5, 5.41) is -0.163. The second-order valence-electron chi connectivity index (χ2n) is 4.88. The Morgan fingerprint density at radius 3 is 2.46 bits per heavy atom. The Kier molecular flexibility index (Phi) is 6.56. The fourth-order valence-corrected chi connectivity index (χ4v) is 3.44. The van der Waals surface area contributed by atoms with Crippen LogP contribution < -0.4 is 9.46 Å².